The minimum atomic E-state index is -3.71. The molecule has 0 saturated carbocycles. The molecular formula is C12H13N5O2S. The van der Waals surface area contributed by atoms with Crippen molar-refractivity contribution < 1.29 is 8.42 Å². The Morgan fingerprint density at radius 3 is 2.80 bits per heavy atom. The molecule has 1 aromatic carbocycles. The third-order valence-electron chi connectivity index (χ3n) is 2.79. The zero-order valence-electron chi connectivity index (χ0n) is 10.7. The van der Waals surface area contributed by atoms with Gasteiger partial charge in [0.25, 0.3) is 0 Å². The number of sulfonamides is 1. The third-order valence-corrected chi connectivity index (χ3v) is 4.66. The first-order valence-electron chi connectivity index (χ1n) is 5.69. The van der Waals surface area contributed by atoms with Crippen LogP contribution in [0.5, 0.6) is 0 Å². The summed E-state index contributed by atoms with van der Waals surface area (Å²) in [4.78, 5) is -0.0116. The Kier molecular flexibility index (Phi) is 3.74. The van der Waals surface area contributed by atoms with E-state index < -0.39 is 10.0 Å². The fourth-order valence-corrected chi connectivity index (χ4v) is 2.98. The first-order valence-corrected chi connectivity index (χ1v) is 7.13. The van der Waals surface area contributed by atoms with Gasteiger partial charge in [0.15, 0.2) is 0 Å². The second kappa shape index (κ2) is 5.32. The van der Waals surface area contributed by atoms with E-state index in [0.717, 1.165) is 5.56 Å². The summed E-state index contributed by atoms with van der Waals surface area (Å²) >= 11 is 0. The van der Waals surface area contributed by atoms with Gasteiger partial charge in [-0.05, 0) is 18.2 Å². The van der Waals surface area contributed by atoms with E-state index in [4.69, 9.17) is 11.0 Å². The van der Waals surface area contributed by atoms with Crippen molar-refractivity contribution >= 4 is 15.7 Å². The number of hydrogen-bond acceptors (Lipinski definition) is 5. The smallest absolute Gasteiger partial charge is 0.245 e. The van der Waals surface area contributed by atoms with Crippen LogP contribution < -0.4 is 5.73 Å². The molecule has 104 valence electrons. The molecule has 0 spiro atoms. The summed E-state index contributed by atoms with van der Waals surface area (Å²) in [5.74, 6) is 0. The number of aromatic nitrogens is 2. The standard InChI is InChI=1S/C12H13N5O2S/c1-17(8-10-6-15-16-7-10)20(18,19)12-3-2-9(5-13)4-11(12)14/h2-4,6-7H,8,14H2,1H3,(H,15,16). The lowest BCUT2D eigenvalue weighted by molar-refractivity contribution is 0.467. The Morgan fingerprint density at radius 2 is 2.25 bits per heavy atom. The fraction of sp³-hybridized carbons (Fsp3) is 0.167. The summed E-state index contributed by atoms with van der Waals surface area (Å²) < 4.78 is 26.0. The molecule has 0 atom stereocenters. The summed E-state index contributed by atoms with van der Waals surface area (Å²) in [5.41, 5.74) is 6.83. The number of rotatable bonds is 4. The number of nitrogens with zero attached hydrogens (tertiary/aromatic N) is 3. The molecule has 0 bridgehead atoms. The minimum Gasteiger partial charge on any atom is -0.398 e. The Bertz CT molecular complexity index is 747. The van der Waals surface area contributed by atoms with Crippen LogP contribution in [0.1, 0.15) is 11.1 Å². The van der Waals surface area contributed by atoms with Crippen molar-refractivity contribution in [3.63, 3.8) is 0 Å². The highest BCUT2D eigenvalue weighted by atomic mass is 32.2. The highest BCUT2D eigenvalue weighted by Crippen LogP contribution is 2.23. The normalized spacial score (nSPS) is 11.4. The van der Waals surface area contributed by atoms with E-state index in [9.17, 15) is 8.42 Å². The van der Waals surface area contributed by atoms with E-state index in [0.29, 0.717) is 5.56 Å². The molecule has 0 fully saturated rings. The number of H-pyrrole nitrogens is 1. The summed E-state index contributed by atoms with van der Waals surface area (Å²) in [6, 6.07) is 6.02. The molecule has 0 aliphatic heterocycles. The lowest BCUT2D eigenvalue weighted by Gasteiger charge is -2.17. The predicted molar refractivity (Wildman–Crippen MR) is 72.8 cm³/mol. The summed E-state index contributed by atoms with van der Waals surface area (Å²) in [6.45, 7) is 0.179. The topological polar surface area (TPSA) is 116 Å². The average Bonchev–Trinajstić information content (AvgIpc) is 2.91. The molecule has 20 heavy (non-hydrogen) atoms. The average molecular weight is 291 g/mol. The fourth-order valence-electron chi connectivity index (χ4n) is 1.73. The van der Waals surface area contributed by atoms with Crippen LogP contribution in [0.4, 0.5) is 5.69 Å². The van der Waals surface area contributed by atoms with Gasteiger partial charge < -0.3 is 5.73 Å². The number of aromatic amines is 1. The van der Waals surface area contributed by atoms with Crippen LogP contribution in [-0.4, -0.2) is 30.0 Å². The summed E-state index contributed by atoms with van der Waals surface area (Å²) in [5, 5.41) is 15.1. The Morgan fingerprint density at radius 1 is 1.50 bits per heavy atom. The van der Waals surface area contributed by atoms with E-state index in [1.807, 2.05) is 6.07 Å². The van der Waals surface area contributed by atoms with Crippen LogP contribution in [0.3, 0.4) is 0 Å². The molecule has 8 heteroatoms. The van der Waals surface area contributed by atoms with Gasteiger partial charge in [0.2, 0.25) is 10.0 Å². The zero-order chi connectivity index (χ0) is 14.8. The molecule has 7 nitrogen and oxygen atoms in total. The number of benzene rings is 1. The van der Waals surface area contributed by atoms with Crippen LogP contribution in [-0.2, 0) is 16.6 Å². The van der Waals surface area contributed by atoms with Crippen molar-refractivity contribution in [3.05, 3.63) is 41.7 Å². The maximum Gasteiger partial charge on any atom is 0.245 e. The van der Waals surface area contributed by atoms with Gasteiger partial charge >= 0.3 is 0 Å². The van der Waals surface area contributed by atoms with Crippen molar-refractivity contribution in [1.29, 1.82) is 5.26 Å². The van der Waals surface area contributed by atoms with Gasteiger partial charge in [-0.1, -0.05) is 0 Å². The molecule has 1 aromatic heterocycles. The molecule has 0 radical (unpaired) electrons. The first kappa shape index (κ1) is 14.0. The van der Waals surface area contributed by atoms with Crippen LogP contribution in [0.25, 0.3) is 0 Å². The van der Waals surface area contributed by atoms with Gasteiger partial charge in [0, 0.05) is 25.4 Å². The molecule has 1 heterocycles. The summed E-state index contributed by atoms with van der Waals surface area (Å²) in [6.07, 6.45) is 3.17. The van der Waals surface area contributed by atoms with Crippen molar-refractivity contribution in [2.45, 2.75) is 11.4 Å². The van der Waals surface area contributed by atoms with Crippen molar-refractivity contribution in [1.82, 2.24) is 14.5 Å². The predicted octanol–water partition coefficient (Wildman–Crippen LogP) is 0.684. The molecule has 0 aliphatic rings. The van der Waals surface area contributed by atoms with Crippen LogP contribution >= 0.6 is 0 Å². The van der Waals surface area contributed by atoms with Crippen molar-refractivity contribution in [2.24, 2.45) is 0 Å². The number of nitriles is 1. The molecule has 0 aliphatic carbocycles. The molecular weight excluding hydrogens is 278 g/mol. The Labute approximate surface area is 116 Å². The van der Waals surface area contributed by atoms with Crippen LogP contribution in [0.15, 0.2) is 35.5 Å². The zero-order valence-corrected chi connectivity index (χ0v) is 11.6. The quantitative estimate of drug-likeness (QED) is 0.804. The van der Waals surface area contributed by atoms with Gasteiger partial charge in [-0.3, -0.25) is 5.10 Å². The molecule has 0 saturated heterocycles. The van der Waals surface area contributed by atoms with Crippen LogP contribution in [0.2, 0.25) is 0 Å². The van der Waals surface area contributed by atoms with Crippen LogP contribution in [0, 0.1) is 11.3 Å². The monoisotopic (exact) mass is 291 g/mol. The molecule has 2 rings (SSSR count). The number of nitrogens with two attached hydrogens (primary N) is 1. The lowest BCUT2D eigenvalue weighted by atomic mass is 10.2. The van der Waals surface area contributed by atoms with Gasteiger partial charge in [-0.25, -0.2) is 8.42 Å². The third kappa shape index (κ3) is 2.64. The highest BCUT2D eigenvalue weighted by molar-refractivity contribution is 7.89. The van der Waals surface area contributed by atoms with Crippen molar-refractivity contribution in [2.75, 3.05) is 12.8 Å². The van der Waals surface area contributed by atoms with E-state index >= 15 is 0 Å². The van der Waals surface area contributed by atoms with Crippen molar-refractivity contribution in [3.8, 4) is 6.07 Å². The second-order valence-corrected chi connectivity index (χ2v) is 6.25. The number of nitrogens with one attached hydrogen (secondary N) is 1. The molecule has 2 aromatic rings. The minimum absolute atomic E-state index is 0.0116. The van der Waals surface area contributed by atoms with Gasteiger partial charge in [-0.2, -0.15) is 14.7 Å². The largest absolute Gasteiger partial charge is 0.398 e. The van der Waals surface area contributed by atoms with Gasteiger partial charge in [0.1, 0.15) is 4.90 Å². The van der Waals surface area contributed by atoms with Gasteiger partial charge in [-0.15, -0.1) is 0 Å². The maximum atomic E-state index is 12.4. The Balaban J connectivity index is 2.33. The van der Waals surface area contributed by atoms with E-state index in [-0.39, 0.29) is 17.1 Å². The van der Waals surface area contributed by atoms with E-state index in [1.165, 1.54) is 29.6 Å². The first-order chi connectivity index (χ1) is 9.45. The summed E-state index contributed by atoms with van der Waals surface area (Å²) in [7, 11) is -2.26. The lowest BCUT2D eigenvalue weighted by Crippen LogP contribution is -2.27. The van der Waals surface area contributed by atoms with Gasteiger partial charge in [0.05, 0.1) is 23.5 Å². The Hall–Kier alpha value is -2.37. The van der Waals surface area contributed by atoms with E-state index in [1.54, 1.807) is 12.4 Å². The SMILES string of the molecule is CN(Cc1cn[nH]c1)S(=O)(=O)c1ccc(C#N)cc1N. The molecule has 0 unspecified atom stereocenters. The highest BCUT2D eigenvalue weighted by Gasteiger charge is 2.23. The van der Waals surface area contributed by atoms with E-state index in [2.05, 4.69) is 10.2 Å². The number of nitrogen functional groups attached to an aromatic ring is 1. The number of anilines is 1. The molecule has 3 N–H and O–H groups in total. The maximum absolute atomic E-state index is 12.4. The number of hydrogen-bond donors (Lipinski definition) is 2. The second-order valence-electron chi connectivity index (χ2n) is 4.23. The molecule has 0 amide bonds.